The normalized spacial score (nSPS) is 20.0. The first-order valence-electron chi connectivity index (χ1n) is 7.66. The number of allylic oxidation sites excluding steroid dienone is 1. The maximum Gasteiger partial charge on any atom is -1.00 e. The van der Waals surface area contributed by atoms with Gasteiger partial charge in [-0.25, -0.2) is 0 Å². The number of rotatable bonds is 4. The zero-order valence-electron chi connectivity index (χ0n) is 12.8. The van der Waals surface area contributed by atoms with Crippen LogP contribution in [0.5, 0.6) is 0 Å². The van der Waals surface area contributed by atoms with Crippen LogP contribution in [0, 0.1) is 0 Å². The van der Waals surface area contributed by atoms with Crippen LogP contribution in [-0.4, -0.2) is 12.0 Å². The first-order valence-corrected chi connectivity index (χ1v) is 20.6. The van der Waals surface area contributed by atoms with Gasteiger partial charge in [0, 0.05) is 0 Å². The van der Waals surface area contributed by atoms with Gasteiger partial charge < -0.3 is 24.8 Å². The fourth-order valence-electron chi connectivity index (χ4n) is 3.44. The van der Waals surface area contributed by atoms with Crippen LogP contribution in [-0.2, 0) is 20.9 Å². The van der Waals surface area contributed by atoms with E-state index in [9.17, 15) is 0 Å². The summed E-state index contributed by atoms with van der Waals surface area (Å²) in [6, 6.07) is 9.93. The van der Waals surface area contributed by atoms with E-state index in [1.165, 1.54) is 31.2 Å². The Morgan fingerprint density at radius 3 is 2.43 bits per heavy atom. The molecule has 0 aliphatic heterocycles. The van der Waals surface area contributed by atoms with Crippen LogP contribution in [0.25, 0.3) is 6.08 Å². The Hall–Kier alpha value is 0.587. The molecule has 1 N–H and O–H groups in total. The summed E-state index contributed by atoms with van der Waals surface area (Å²) in [5.74, 6) is -0.503. The van der Waals surface area contributed by atoms with E-state index in [0.717, 1.165) is 9.72 Å². The molecule has 0 bridgehead atoms. The molecule has 1 unspecified atom stereocenters. The van der Waals surface area contributed by atoms with Gasteiger partial charge in [-0.1, -0.05) is 0 Å². The molecule has 0 spiro atoms. The summed E-state index contributed by atoms with van der Waals surface area (Å²) in [6.07, 6.45) is 10.7. The van der Waals surface area contributed by atoms with Gasteiger partial charge in [-0.15, -0.1) is 0 Å². The minimum atomic E-state index is -1.68. The van der Waals surface area contributed by atoms with Gasteiger partial charge in [0.15, 0.2) is 0 Å². The van der Waals surface area contributed by atoms with Crippen LogP contribution in [0.4, 0.5) is 0 Å². The largest absolute Gasteiger partial charge is 1.00 e. The van der Waals surface area contributed by atoms with E-state index >= 15 is 0 Å². The SMILES string of the molecule is C[SiH](C)[Hf+2]([NH]C1CCCC1)[CH]1C=Cc2ccccc21.[Cl-].[Cl-]. The summed E-state index contributed by atoms with van der Waals surface area (Å²) < 4.78 is 5.05. The zero-order valence-corrected chi connectivity index (χ0v) is 19.0. The average Bonchev–Trinajstić information content (AvgIpc) is 3.05. The molecule has 0 heterocycles. The number of nitrogens with one attached hydrogen (secondary N) is 1. The van der Waals surface area contributed by atoms with Gasteiger partial charge in [-0.2, -0.15) is 0 Å². The molecule has 0 radical (unpaired) electrons. The maximum atomic E-state index is 4.22. The van der Waals surface area contributed by atoms with Crippen molar-refractivity contribution < 1.29 is 45.7 Å². The predicted octanol–water partition coefficient (Wildman–Crippen LogP) is -2.19. The quantitative estimate of drug-likeness (QED) is 0.457. The van der Waals surface area contributed by atoms with E-state index in [1.807, 2.05) is 0 Å². The summed E-state index contributed by atoms with van der Waals surface area (Å²) in [6.45, 7) is 5.16. The van der Waals surface area contributed by atoms with Crippen LogP contribution >= 0.6 is 0 Å². The van der Waals surface area contributed by atoms with Gasteiger partial charge in [0.25, 0.3) is 0 Å². The van der Waals surface area contributed by atoms with Gasteiger partial charge in [0.2, 0.25) is 0 Å². The van der Waals surface area contributed by atoms with E-state index in [4.69, 9.17) is 0 Å². The molecule has 1 aromatic rings. The second kappa shape index (κ2) is 9.02. The van der Waals surface area contributed by atoms with E-state index < -0.39 is 26.9 Å². The first-order chi connectivity index (χ1) is 9.25. The molecule has 21 heavy (non-hydrogen) atoms. The van der Waals surface area contributed by atoms with Gasteiger partial charge >= 0.3 is 126 Å². The number of hydrogen-bond acceptors (Lipinski definition) is 1. The van der Waals surface area contributed by atoms with Crippen molar-refractivity contribution in [3.63, 3.8) is 0 Å². The Morgan fingerprint density at radius 2 is 1.76 bits per heavy atom. The number of benzene rings is 1. The summed E-state index contributed by atoms with van der Waals surface area (Å²) in [5, 5.41) is 0. The third kappa shape index (κ3) is 4.54. The number of halogens is 2. The summed E-state index contributed by atoms with van der Waals surface area (Å²) in [4.78, 5) is 0. The Balaban J connectivity index is 0.00000110. The fraction of sp³-hybridized carbons (Fsp3) is 0.500. The van der Waals surface area contributed by atoms with Crippen LogP contribution in [0.15, 0.2) is 30.3 Å². The average molecular weight is 508 g/mol. The van der Waals surface area contributed by atoms with Crippen LogP contribution in [0.3, 0.4) is 0 Å². The topological polar surface area (TPSA) is 12.0 Å². The van der Waals surface area contributed by atoms with E-state index in [0.29, 0.717) is 0 Å². The Labute approximate surface area is 150 Å². The van der Waals surface area contributed by atoms with Crippen molar-refractivity contribution in [3.8, 4) is 0 Å². The van der Waals surface area contributed by atoms with Crippen LogP contribution in [0.2, 0.25) is 13.1 Å². The molecule has 5 heteroatoms. The van der Waals surface area contributed by atoms with E-state index in [-0.39, 0.29) is 24.8 Å². The third-order valence-electron chi connectivity index (χ3n) is 4.48. The molecular formula is C16H24Cl2HfNSi. The van der Waals surface area contributed by atoms with Crippen molar-refractivity contribution in [2.75, 3.05) is 0 Å². The molecule has 1 saturated carbocycles. The molecule has 2 aliphatic carbocycles. The molecule has 1 nitrogen and oxygen atoms in total. The van der Waals surface area contributed by atoms with Gasteiger partial charge in [-0.05, 0) is 0 Å². The van der Waals surface area contributed by atoms with Gasteiger partial charge in [0.1, 0.15) is 0 Å². The standard InChI is InChI=1S/C9H7.C5H10N.C2H7Si.2ClH.Hf/c1-2-5-9-7-3-6-8(9)4-1;6-5-3-1-2-4-5;1-3-2;;;/h1-7H;5-6H,1-4H2;3H,1-2H3;2*1H;/q;-1;;;;+3/p-2. The van der Waals surface area contributed by atoms with Crippen molar-refractivity contribution in [2.45, 2.75) is 48.5 Å². The zero-order chi connectivity index (χ0) is 13.2. The second-order valence-corrected chi connectivity index (χ2v) is 32.6. The molecule has 0 amide bonds. The first kappa shape index (κ1) is 19.6. The third-order valence-corrected chi connectivity index (χ3v) is 30.3. The van der Waals surface area contributed by atoms with Crippen LogP contribution in [0.1, 0.15) is 40.5 Å². The van der Waals surface area contributed by atoms with E-state index in [1.54, 1.807) is 5.56 Å². The van der Waals surface area contributed by atoms with Gasteiger partial charge in [-0.3, -0.25) is 0 Å². The van der Waals surface area contributed by atoms with Crippen molar-refractivity contribution in [3.05, 3.63) is 41.5 Å². The maximum absolute atomic E-state index is 4.22. The predicted molar refractivity (Wildman–Crippen MR) is 82.5 cm³/mol. The molecule has 1 atom stereocenters. The molecule has 0 aromatic heterocycles. The monoisotopic (exact) mass is 508 g/mol. The van der Waals surface area contributed by atoms with Crippen molar-refractivity contribution in [2.24, 2.45) is 0 Å². The minimum Gasteiger partial charge on any atom is -1.00 e. The smallest absolute Gasteiger partial charge is 1.00 e. The van der Waals surface area contributed by atoms with Gasteiger partial charge in [0.05, 0.1) is 0 Å². The molecule has 1 fully saturated rings. The molecule has 0 saturated heterocycles. The molecule has 2 aliphatic rings. The number of hydrogen-bond donors (Lipinski definition) is 1. The Bertz CT molecular complexity index is 475. The summed E-state index contributed by atoms with van der Waals surface area (Å²) in [7, 11) is 0. The second-order valence-electron chi connectivity index (χ2n) is 6.20. The van der Waals surface area contributed by atoms with Crippen molar-refractivity contribution in [1.29, 1.82) is 0 Å². The summed E-state index contributed by atoms with van der Waals surface area (Å²) >= 11 is -1.68. The minimum absolute atomic E-state index is 0. The van der Waals surface area contributed by atoms with Crippen molar-refractivity contribution in [1.82, 2.24) is 3.30 Å². The molecule has 115 valence electrons. The fourth-order valence-corrected chi connectivity index (χ4v) is 26.8. The van der Waals surface area contributed by atoms with Crippen molar-refractivity contribution >= 4 is 12.1 Å². The molecule has 3 rings (SSSR count). The Morgan fingerprint density at radius 1 is 1.10 bits per heavy atom. The molecule has 1 aromatic carbocycles. The van der Waals surface area contributed by atoms with E-state index in [2.05, 4.69) is 52.8 Å². The summed E-state index contributed by atoms with van der Waals surface area (Å²) in [5.41, 5.74) is 3.12. The molecular weight excluding hydrogens is 484 g/mol. The Kier molecular flexibility index (Phi) is 8.44. The van der Waals surface area contributed by atoms with Crippen LogP contribution < -0.4 is 28.1 Å². The number of fused-ring (bicyclic) bond motifs is 1.